The van der Waals surface area contributed by atoms with Crippen molar-refractivity contribution in [1.29, 1.82) is 0 Å². The minimum absolute atomic E-state index is 0.255. The molecule has 0 amide bonds. The summed E-state index contributed by atoms with van der Waals surface area (Å²) < 4.78 is 5.45. The van der Waals surface area contributed by atoms with E-state index in [2.05, 4.69) is 39.7 Å². The van der Waals surface area contributed by atoms with Crippen LogP contribution in [-0.4, -0.2) is 16.7 Å². The average Bonchev–Trinajstić information content (AvgIpc) is 2.91. The van der Waals surface area contributed by atoms with Crippen LogP contribution >= 0.6 is 0 Å². The lowest BCUT2D eigenvalue weighted by atomic mass is 9.77. The topological polar surface area (TPSA) is 51.0 Å². The van der Waals surface area contributed by atoms with Gasteiger partial charge in [-0.25, -0.2) is 0 Å². The molecule has 4 rings (SSSR count). The highest BCUT2D eigenvalue weighted by atomic mass is 16.5. The molecule has 0 bridgehead atoms. The zero-order chi connectivity index (χ0) is 12.7. The van der Waals surface area contributed by atoms with E-state index in [1.165, 1.54) is 24.0 Å². The van der Waals surface area contributed by atoms with Crippen LogP contribution in [0.15, 0.2) is 28.8 Å². The molecule has 0 saturated carbocycles. The Morgan fingerprint density at radius 3 is 3.00 bits per heavy atom. The van der Waals surface area contributed by atoms with Gasteiger partial charge in [-0.15, -0.1) is 0 Å². The molecule has 19 heavy (non-hydrogen) atoms. The zero-order valence-electron chi connectivity index (χ0n) is 10.8. The van der Waals surface area contributed by atoms with Crippen molar-refractivity contribution in [1.82, 2.24) is 15.5 Å². The van der Waals surface area contributed by atoms with Gasteiger partial charge in [-0.1, -0.05) is 35.8 Å². The lowest BCUT2D eigenvalue weighted by molar-refractivity contribution is 0.295. The first-order chi connectivity index (χ1) is 9.42. The van der Waals surface area contributed by atoms with Crippen LogP contribution in [0.2, 0.25) is 0 Å². The third-order valence-corrected chi connectivity index (χ3v) is 4.23. The van der Waals surface area contributed by atoms with Gasteiger partial charge >= 0.3 is 0 Å². The Morgan fingerprint density at radius 1 is 1.21 bits per heavy atom. The summed E-state index contributed by atoms with van der Waals surface area (Å²) in [6.45, 7) is 1.05. The summed E-state index contributed by atoms with van der Waals surface area (Å²) in [6.07, 6.45) is 4.62. The number of hydrogen-bond acceptors (Lipinski definition) is 4. The summed E-state index contributed by atoms with van der Waals surface area (Å²) in [5.41, 5.74) is 2.76. The maximum atomic E-state index is 5.45. The van der Waals surface area contributed by atoms with Gasteiger partial charge in [0.05, 0.1) is 12.0 Å². The van der Waals surface area contributed by atoms with Gasteiger partial charge in [0.1, 0.15) is 0 Å². The number of fused-ring (bicyclic) bond motifs is 1. The molecule has 2 aromatic rings. The molecule has 2 aliphatic rings. The summed E-state index contributed by atoms with van der Waals surface area (Å²) in [4.78, 5) is 4.61. The molecule has 1 aromatic carbocycles. The average molecular weight is 255 g/mol. The van der Waals surface area contributed by atoms with Crippen LogP contribution in [0.25, 0.3) is 0 Å². The monoisotopic (exact) mass is 255 g/mol. The number of benzene rings is 1. The van der Waals surface area contributed by atoms with Gasteiger partial charge in [0.2, 0.25) is 5.89 Å². The van der Waals surface area contributed by atoms with Crippen molar-refractivity contribution in [3.63, 3.8) is 0 Å². The van der Waals surface area contributed by atoms with Crippen molar-refractivity contribution in [2.24, 2.45) is 0 Å². The molecule has 1 aliphatic heterocycles. The molecule has 2 heterocycles. The molecule has 1 N–H and O–H groups in total. The van der Waals surface area contributed by atoms with Gasteiger partial charge in [-0.2, -0.15) is 4.98 Å². The van der Waals surface area contributed by atoms with Crippen LogP contribution < -0.4 is 5.32 Å². The predicted molar refractivity (Wildman–Crippen MR) is 70.9 cm³/mol. The molecule has 1 unspecified atom stereocenters. The van der Waals surface area contributed by atoms with Crippen molar-refractivity contribution in [2.45, 2.75) is 37.6 Å². The third kappa shape index (κ3) is 1.87. The van der Waals surface area contributed by atoms with Crippen LogP contribution in [0.5, 0.6) is 0 Å². The zero-order valence-corrected chi connectivity index (χ0v) is 10.8. The van der Waals surface area contributed by atoms with Crippen LogP contribution in [0, 0.1) is 0 Å². The van der Waals surface area contributed by atoms with Gasteiger partial charge < -0.3 is 9.84 Å². The molecule has 1 aliphatic carbocycles. The van der Waals surface area contributed by atoms with E-state index in [0.717, 1.165) is 31.1 Å². The second-order valence-corrected chi connectivity index (χ2v) is 5.45. The second kappa shape index (κ2) is 4.46. The summed E-state index contributed by atoms with van der Waals surface area (Å²) in [6, 6.07) is 8.76. The Balaban J connectivity index is 1.56. The van der Waals surface area contributed by atoms with Crippen molar-refractivity contribution in [2.75, 3.05) is 6.54 Å². The van der Waals surface area contributed by atoms with E-state index in [4.69, 9.17) is 4.52 Å². The fraction of sp³-hybridized carbons (Fsp3) is 0.467. The molecule has 1 saturated heterocycles. The van der Waals surface area contributed by atoms with Gasteiger partial charge in [0, 0.05) is 0 Å². The van der Waals surface area contributed by atoms with Crippen LogP contribution in [0.3, 0.4) is 0 Å². The van der Waals surface area contributed by atoms with Crippen molar-refractivity contribution in [3.8, 4) is 0 Å². The predicted octanol–water partition coefficient (Wildman–Crippen LogP) is 2.57. The first-order valence-electron chi connectivity index (χ1n) is 7.06. The lowest BCUT2D eigenvalue weighted by Crippen LogP contribution is -2.27. The van der Waals surface area contributed by atoms with E-state index in [-0.39, 0.29) is 6.04 Å². The summed E-state index contributed by atoms with van der Waals surface area (Å²) in [7, 11) is 0. The van der Waals surface area contributed by atoms with Crippen LogP contribution in [-0.2, 0) is 6.42 Å². The van der Waals surface area contributed by atoms with E-state index >= 15 is 0 Å². The highest BCUT2D eigenvalue weighted by Gasteiger charge is 2.32. The summed E-state index contributed by atoms with van der Waals surface area (Å²) >= 11 is 0. The number of nitrogens with zero attached hydrogens (tertiary/aromatic N) is 2. The normalized spacial score (nSPS) is 25.7. The fourth-order valence-electron chi connectivity index (χ4n) is 3.08. The molecule has 0 spiro atoms. The van der Waals surface area contributed by atoms with E-state index < -0.39 is 0 Å². The van der Waals surface area contributed by atoms with Gasteiger partial charge in [-0.05, 0) is 36.9 Å². The van der Waals surface area contributed by atoms with E-state index in [0.29, 0.717) is 5.92 Å². The molecule has 1 fully saturated rings. The number of aromatic nitrogens is 2. The van der Waals surface area contributed by atoms with E-state index in [9.17, 15) is 0 Å². The highest BCUT2D eigenvalue weighted by molar-refractivity contribution is 5.43. The molecule has 2 atom stereocenters. The lowest BCUT2D eigenvalue weighted by Gasteiger charge is -2.27. The van der Waals surface area contributed by atoms with Crippen molar-refractivity contribution >= 4 is 0 Å². The van der Waals surface area contributed by atoms with Gasteiger partial charge in [0.15, 0.2) is 5.82 Å². The Bertz CT molecular complexity index is 587. The highest BCUT2D eigenvalue weighted by Crippen LogP contribution is 2.38. The Hall–Kier alpha value is -1.68. The Kier molecular flexibility index (Phi) is 2.62. The minimum atomic E-state index is 0.255. The Labute approximate surface area is 112 Å². The molecular formula is C15H17N3O. The molecule has 4 nitrogen and oxygen atoms in total. The largest absolute Gasteiger partial charge is 0.338 e. The summed E-state index contributed by atoms with van der Waals surface area (Å²) in [5, 5.41) is 7.63. The standard InChI is InChI=1S/C15H17N3O/c1-2-6-11-10(5-1)9-12(11)14-17-15(19-18-14)13-7-3-4-8-16-13/h1-2,5-6,12-13,16H,3-4,7-9H2/t12?,13-/m1/s1. The van der Waals surface area contributed by atoms with Gasteiger partial charge in [-0.3, -0.25) is 0 Å². The number of hydrogen-bond donors (Lipinski definition) is 1. The van der Waals surface area contributed by atoms with Crippen molar-refractivity contribution in [3.05, 3.63) is 47.1 Å². The number of rotatable bonds is 2. The minimum Gasteiger partial charge on any atom is -0.338 e. The second-order valence-electron chi connectivity index (χ2n) is 5.45. The van der Waals surface area contributed by atoms with E-state index in [1.54, 1.807) is 0 Å². The number of piperidine rings is 1. The first kappa shape index (κ1) is 11.2. The quantitative estimate of drug-likeness (QED) is 0.896. The summed E-state index contributed by atoms with van der Waals surface area (Å²) in [5.74, 6) is 1.94. The van der Waals surface area contributed by atoms with Crippen LogP contribution in [0.4, 0.5) is 0 Å². The van der Waals surface area contributed by atoms with Crippen molar-refractivity contribution < 1.29 is 4.52 Å². The first-order valence-corrected chi connectivity index (χ1v) is 7.06. The molecule has 98 valence electrons. The van der Waals surface area contributed by atoms with E-state index in [1.807, 2.05) is 0 Å². The van der Waals surface area contributed by atoms with Crippen LogP contribution in [0.1, 0.15) is 54.1 Å². The molecular weight excluding hydrogens is 238 g/mol. The number of nitrogens with one attached hydrogen (secondary N) is 1. The third-order valence-electron chi connectivity index (χ3n) is 4.23. The fourth-order valence-corrected chi connectivity index (χ4v) is 3.08. The molecule has 4 heteroatoms. The smallest absolute Gasteiger partial charge is 0.243 e. The maximum Gasteiger partial charge on any atom is 0.243 e. The molecule has 0 radical (unpaired) electrons. The SMILES string of the molecule is c1ccc2c(c1)CC2c1noc([C@H]2CCCCN2)n1. The Morgan fingerprint density at radius 2 is 2.16 bits per heavy atom. The molecule has 1 aromatic heterocycles. The van der Waals surface area contributed by atoms with Gasteiger partial charge in [0.25, 0.3) is 0 Å². The maximum absolute atomic E-state index is 5.45.